The zero-order valence-corrected chi connectivity index (χ0v) is 20.2. The lowest BCUT2D eigenvalue weighted by atomic mass is 9.94. The Labute approximate surface area is 207 Å². The minimum absolute atomic E-state index is 0.106. The third-order valence-corrected chi connectivity index (χ3v) is 6.20. The second-order valence-corrected chi connectivity index (χ2v) is 8.66. The van der Waals surface area contributed by atoms with Crippen LogP contribution in [0.1, 0.15) is 51.4 Å². The van der Waals surface area contributed by atoms with Gasteiger partial charge in [0.1, 0.15) is 5.69 Å². The number of rotatable bonds is 6. The molecule has 1 saturated heterocycles. The van der Waals surface area contributed by atoms with E-state index in [1.807, 2.05) is 6.07 Å². The third kappa shape index (κ3) is 4.44. The fraction of sp³-hybridized carbons (Fsp3) is 0.231. The number of aryl methyl sites for hydroxylation is 1. The molecule has 4 rings (SSSR count). The molecule has 2 aromatic heterocycles. The number of Topliss-reactive ketones (excluding diaryl/α,β-unsaturated/α-hetero) is 1. The van der Waals surface area contributed by atoms with Crippen molar-refractivity contribution in [3.63, 3.8) is 0 Å². The lowest BCUT2D eigenvalue weighted by Gasteiger charge is -2.27. The van der Waals surface area contributed by atoms with E-state index in [1.165, 1.54) is 4.90 Å². The molecule has 0 spiro atoms. The van der Waals surface area contributed by atoms with Gasteiger partial charge in [-0.15, -0.1) is 0 Å². The van der Waals surface area contributed by atoms with Gasteiger partial charge in [0, 0.05) is 27.9 Å². The Balaban J connectivity index is 1.90. The molecule has 1 fully saturated rings. The zero-order valence-electron chi connectivity index (χ0n) is 19.5. The van der Waals surface area contributed by atoms with Gasteiger partial charge in [-0.25, -0.2) is 9.78 Å². The number of nitrogens with zero attached hydrogens (tertiary/aromatic N) is 1. The Bertz CT molecular complexity index is 1350. The number of aromatic amines is 2. The van der Waals surface area contributed by atoms with Crippen LogP contribution in [0.5, 0.6) is 0 Å². The number of ketones is 1. The maximum Gasteiger partial charge on any atom is 0.355 e. The van der Waals surface area contributed by atoms with Crippen molar-refractivity contribution in [1.82, 2.24) is 9.88 Å². The first-order valence-corrected chi connectivity index (χ1v) is 11.5. The summed E-state index contributed by atoms with van der Waals surface area (Å²) in [6.07, 6.45) is 3.45. The number of amides is 1. The van der Waals surface area contributed by atoms with E-state index in [4.69, 9.17) is 16.3 Å². The fourth-order valence-corrected chi connectivity index (χ4v) is 4.61. The van der Waals surface area contributed by atoms with Crippen LogP contribution in [0.3, 0.4) is 0 Å². The number of hydrogen-bond acceptors (Lipinski definition) is 5. The molecule has 0 saturated carbocycles. The van der Waals surface area contributed by atoms with Crippen molar-refractivity contribution in [3.8, 4) is 0 Å². The molecule has 0 bridgehead atoms. The molecule has 1 aliphatic rings. The van der Waals surface area contributed by atoms with Crippen LogP contribution in [-0.2, 0) is 20.9 Å². The highest BCUT2D eigenvalue weighted by Crippen LogP contribution is 2.41. The molecule has 1 atom stereocenters. The molecular formula is C26H24ClN3O5. The van der Waals surface area contributed by atoms with Gasteiger partial charge in [0.2, 0.25) is 5.78 Å². The predicted molar refractivity (Wildman–Crippen MR) is 126 cm³/mol. The minimum Gasteiger partial charge on any atom is -0.872 e. The van der Waals surface area contributed by atoms with Gasteiger partial charge in [-0.05, 0) is 55.7 Å². The van der Waals surface area contributed by atoms with Gasteiger partial charge in [-0.1, -0.05) is 29.5 Å². The summed E-state index contributed by atoms with van der Waals surface area (Å²) in [4.78, 5) is 46.0. The summed E-state index contributed by atoms with van der Waals surface area (Å²) >= 11 is 6.22. The van der Waals surface area contributed by atoms with Crippen LogP contribution in [0, 0.1) is 13.8 Å². The highest BCUT2D eigenvalue weighted by atomic mass is 35.5. The summed E-state index contributed by atoms with van der Waals surface area (Å²) in [6.45, 7) is 5.21. The minimum atomic E-state index is -0.943. The molecule has 0 aliphatic carbocycles. The molecule has 3 aromatic rings. The summed E-state index contributed by atoms with van der Waals surface area (Å²) in [5.74, 6) is -2.87. The molecule has 1 aromatic carbocycles. The lowest BCUT2D eigenvalue weighted by Crippen LogP contribution is -2.29. The van der Waals surface area contributed by atoms with E-state index in [2.05, 4.69) is 9.97 Å². The molecule has 1 unspecified atom stereocenters. The van der Waals surface area contributed by atoms with E-state index in [0.717, 1.165) is 5.56 Å². The Morgan fingerprint density at radius 1 is 1.23 bits per heavy atom. The monoisotopic (exact) mass is 493 g/mol. The first kappa shape index (κ1) is 24.2. The molecule has 3 heterocycles. The van der Waals surface area contributed by atoms with Crippen LogP contribution in [0.15, 0.2) is 54.4 Å². The third-order valence-electron chi connectivity index (χ3n) is 5.96. The Kier molecular flexibility index (Phi) is 6.75. The van der Waals surface area contributed by atoms with E-state index < -0.39 is 29.5 Å². The number of ether oxygens (including phenoxy) is 1. The van der Waals surface area contributed by atoms with Gasteiger partial charge in [0.25, 0.3) is 5.91 Å². The number of halogens is 1. The Morgan fingerprint density at radius 2 is 2.00 bits per heavy atom. The molecule has 180 valence electrons. The molecule has 1 aliphatic heterocycles. The van der Waals surface area contributed by atoms with Gasteiger partial charge < -0.3 is 19.7 Å². The van der Waals surface area contributed by atoms with Crippen LogP contribution in [0.4, 0.5) is 0 Å². The van der Waals surface area contributed by atoms with Crippen molar-refractivity contribution < 1.29 is 29.2 Å². The van der Waals surface area contributed by atoms with Crippen molar-refractivity contribution in [2.24, 2.45) is 0 Å². The van der Waals surface area contributed by atoms with Crippen molar-refractivity contribution >= 4 is 35.0 Å². The summed E-state index contributed by atoms with van der Waals surface area (Å²) in [5, 5.41) is 14.3. The van der Waals surface area contributed by atoms with E-state index in [9.17, 15) is 19.5 Å². The number of carbonyl (C=O) groups is 3. The molecular weight excluding hydrogens is 470 g/mol. The largest absolute Gasteiger partial charge is 0.872 e. The summed E-state index contributed by atoms with van der Waals surface area (Å²) in [6, 6.07) is 9.39. The summed E-state index contributed by atoms with van der Waals surface area (Å²) < 4.78 is 5.07. The molecule has 2 N–H and O–H groups in total. The Hall–Kier alpha value is -3.91. The number of nitrogens with one attached hydrogen (secondary N) is 2. The van der Waals surface area contributed by atoms with Crippen molar-refractivity contribution in [2.75, 3.05) is 6.61 Å². The average molecular weight is 494 g/mol. The fourth-order valence-electron chi connectivity index (χ4n) is 4.41. The number of esters is 1. The maximum atomic E-state index is 13.9. The van der Waals surface area contributed by atoms with Gasteiger partial charge in [-0.3, -0.25) is 9.59 Å². The predicted octanol–water partition coefficient (Wildman–Crippen LogP) is 2.70. The average Bonchev–Trinajstić information content (AvgIpc) is 3.27. The molecule has 35 heavy (non-hydrogen) atoms. The van der Waals surface area contributed by atoms with E-state index in [0.29, 0.717) is 21.8 Å². The van der Waals surface area contributed by atoms with Crippen LogP contribution < -0.4 is 10.1 Å². The number of aromatic nitrogens is 2. The van der Waals surface area contributed by atoms with Crippen LogP contribution in [-0.4, -0.2) is 34.2 Å². The molecule has 9 heteroatoms. The molecule has 8 nitrogen and oxygen atoms in total. The number of hydrogen-bond donors (Lipinski definition) is 1. The zero-order chi connectivity index (χ0) is 25.3. The first-order valence-electron chi connectivity index (χ1n) is 11.1. The SMILES string of the molecule is CCOC(=O)c1[nH]c(C)c(C([O-])=C2C(=O)C(=O)N(Cc3ccc[nH+]c3)C2c2cccc(Cl)c2)c1C. The normalized spacial score (nSPS) is 17.1. The van der Waals surface area contributed by atoms with Crippen molar-refractivity contribution in [3.05, 3.63) is 93.0 Å². The topological polar surface area (TPSA) is 117 Å². The summed E-state index contributed by atoms with van der Waals surface area (Å²) in [5.41, 5.74) is 2.19. The van der Waals surface area contributed by atoms with Crippen LogP contribution in [0.25, 0.3) is 5.76 Å². The number of likely N-dealkylation sites (tertiary alicyclic amines) is 1. The maximum absolute atomic E-state index is 13.9. The second-order valence-electron chi connectivity index (χ2n) is 8.22. The van der Waals surface area contributed by atoms with Crippen LogP contribution >= 0.6 is 11.6 Å². The highest BCUT2D eigenvalue weighted by molar-refractivity contribution is 6.46. The van der Waals surface area contributed by atoms with Crippen LogP contribution in [0.2, 0.25) is 5.02 Å². The first-order chi connectivity index (χ1) is 16.7. The number of benzene rings is 1. The highest BCUT2D eigenvalue weighted by Gasteiger charge is 2.44. The van der Waals surface area contributed by atoms with Crippen molar-refractivity contribution in [1.29, 1.82) is 0 Å². The van der Waals surface area contributed by atoms with Gasteiger partial charge in [0.15, 0.2) is 12.4 Å². The van der Waals surface area contributed by atoms with E-state index in [-0.39, 0.29) is 30.0 Å². The van der Waals surface area contributed by atoms with Gasteiger partial charge in [0.05, 0.1) is 19.2 Å². The summed E-state index contributed by atoms with van der Waals surface area (Å²) in [7, 11) is 0. The quantitative estimate of drug-likeness (QED) is 0.245. The Morgan fingerprint density at radius 3 is 2.66 bits per heavy atom. The molecule has 1 amide bonds. The van der Waals surface area contributed by atoms with E-state index >= 15 is 0 Å². The lowest BCUT2D eigenvalue weighted by molar-refractivity contribution is -0.378. The van der Waals surface area contributed by atoms with Crippen molar-refractivity contribution in [2.45, 2.75) is 33.4 Å². The number of carbonyl (C=O) groups excluding carboxylic acids is 3. The molecule has 0 radical (unpaired) electrons. The van der Waals surface area contributed by atoms with Gasteiger partial charge >= 0.3 is 5.97 Å². The smallest absolute Gasteiger partial charge is 0.355 e. The second kappa shape index (κ2) is 9.76. The van der Waals surface area contributed by atoms with E-state index in [1.54, 1.807) is 63.5 Å². The number of H-pyrrole nitrogens is 2. The van der Waals surface area contributed by atoms with Gasteiger partial charge in [-0.2, -0.15) is 0 Å². The standard InChI is InChI=1S/C26H24ClN3O5/c1-4-35-26(34)21-14(2)19(15(3)29-21)23(31)20-22(17-8-5-9-18(27)11-17)30(25(33)24(20)32)13-16-7-6-10-28-12-16/h5-12,22,29,31H,4,13H2,1-3H3. The number of pyridine rings is 1.